The normalized spacial score (nSPS) is 17.8. The minimum atomic E-state index is -3.61. The van der Waals surface area contributed by atoms with Crippen molar-refractivity contribution in [2.75, 3.05) is 17.8 Å². The molecule has 8 nitrogen and oxygen atoms in total. The Balaban J connectivity index is 1.56. The molecule has 0 aromatic heterocycles. The highest BCUT2D eigenvalue weighted by molar-refractivity contribution is 8.01. The highest BCUT2D eigenvalue weighted by atomic mass is 32.2. The number of rotatable bonds is 10. The first-order valence-electron chi connectivity index (χ1n) is 11.2. The van der Waals surface area contributed by atoms with Crippen molar-refractivity contribution in [2.45, 2.75) is 23.7 Å². The molecular formula is C26H26N2O6S2. The van der Waals surface area contributed by atoms with E-state index in [2.05, 4.69) is 0 Å². The van der Waals surface area contributed by atoms with E-state index in [0.29, 0.717) is 18.0 Å². The van der Waals surface area contributed by atoms with Crippen LogP contribution in [0.3, 0.4) is 0 Å². The Kier molecular flexibility index (Phi) is 7.97. The SMILES string of the molecule is CS(=O)(=O)OCCC1SC(c2ccc(OCc3ccccc3)cc2)N(c2cccc(C(N)=O)c2)C1=O. The molecule has 188 valence electrons. The van der Waals surface area contributed by atoms with Gasteiger partial charge in [-0.3, -0.25) is 18.7 Å². The second-order valence-electron chi connectivity index (χ2n) is 8.26. The number of carbonyl (C=O) groups is 2. The molecule has 2 N–H and O–H groups in total. The van der Waals surface area contributed by atoms with Crippen LogP contribution in [0.5, 0.6) is 5.75 Å². The molecule has 0 saturated carbocycles. The zero-order chi connectivity index (χ0) is 25.7. The quantitative estimate of drug-likeness (QED) is 0.399. The first-order valence-corrected chi connectivity index (χ1v) is 14.0. The fourth-order valence-electron chi connectivity index (χ4n) is 3.81. The van der Waals surface area contributed by atoms with E-state index in [1.165, 1.54) is 11.8 Å². The van der Waals surface area contributed by atoms with Crippen molar-refractivity contribution in [3.05, 3.63) is 95.6 Å². The lowest BCUT2D eigenvalue weighted by Gasteiger charge is -2.25. The molecule has 0 spiro atoms. The Morgan fingerprint density at radius 3 is 2.42 bits per heavy atom. The Morgan fingerprint density at radius 2 is 1.75 bits per heavy atom. The molecule has 0 aliphatic carbocycles. The van der Waals surface area contributed by atoms with Gasteiger partial charge in [-0.05, 0) is 47.9 Å². The molecule has 36 heavy (non-hydrogen) atoms. The van der Waals surface area contributed by atoms with E-state index in [1.54, 1.807) is 29.2 Å². The van der Waals surface area contributed by atoms with Crippen LogP contribution in [0.2, 0.25) is 0 Å². The largest absolute Gasteiger partial charge is 0.489 e. The van der Waals surface area contributed by atoms with Gasteiger partial charge in [-0.25, -0.2) is 0 Å². The zero-order valence-electron chi connectivity index (χ0n) is 19.6. The summed E-state index contributed by atoms with van der Waals surface area (Å²) < 4.78 is 33.5. The average molecular weight is 527 g/mol. The van der Waals surface area contributed by atoms with E-state index in [-0.39, 0.29) is 24.5 Å². The van der Waals surface area contributed by atoms with E-state index in [0.717, 1.165) is 17.4 Å². The molecule has 0 radical (unpaired) electrons. The molecule has 0 bridgehead atoms. The zero-order valence-corrected chi connectivity index (χ0v) is 21.2. The van der Waals surface area contributed by atoms with Gasteiger partial charge < -0.3 is 10.5 Å². The summed E-state index contributed by atoms with van der Waals surface area (Å²) in [7, 11) is -3.61. The van der Waals surface area contributed by atoms with Crippen LogP contribution < -0.4 is 15.4 Å². The minimum absolute atomic E-state index is 0.101. The van der Waals surface area contributed by atoms with E-state index in [1.807, 2.05) is 54.6 Å². The number of primary amides is 1. The molecule has 2 unspecified atom stereocenters. The second kappa shape index (κ2) is 11.2. The van der Waals surface area contributed by atoms with Crippen LogP contribution in [-0.4, -0.2) is 38.3 Å². The maximum atomic E-state index is 13.4. The van der Waals surface area contributed by atoms with E-state index < -0.39 is 26.6 Å². The second-order valence-corrected chi connectivity index (χ2v) is 11.2. The number of nitrogens with two attached hydrogens (primary N) is 1. The Morgan fingerprint density at radius 1 is 1.03 bits per heavy atom. The van der Waals surface area contributed by atoms with E-state index in [9.17, 15) is 18.0 Å². The van der Waals surface area contributed by atoms with Crippen molar-refractivity contribution in [3.8, 4) is 5.75 Å². The van der Waals surface area contributed by atoms with E-state index in [4.69, 9.17) is 14.7 Å². The lowest BCUT2D eigenvalue weighted by molar-refractivity contribution is -0.117. The molecular weight excluding hydrogens is 500 g/mol. The lowest BCUT2D eigenvalue weighted by Crippen LogP contribution is -2.31. The van der Waals surface area contributed by atoms with Gasteiger partial charge in [0.05, 0.1) is 18.1 Å². The summed E-state index contributed by atoms with van der Waals surface area (Å²) in [5.74, 6) is -0.101. The summed E-state index contributed by atoms with van der Waals surface area (Å²) in [6.45, 7) is 0.335. The number of hydrogen-bond acceptors (Lipinski definition) is 7. The van der Waals surface area contributed by atoms with Crippen LogP contribution in [0.1, 0.15) is 33.3 Å². The van der Waals surface area contributed by atoms with Crippen LogP contribution in [-0.2, 0) is 25.7 Å². The van der Waals surface area contributed by atoms with Gasteiger partial charge in [0.15, 0.2) is 0 Å². The number of thioether (sulfide) groups is 1. The summed E-state index contributed by atoms with van der Waals surface area (Å²) in [5.41, 5.74) is 8.18. The highest BCUT2D eigenvalue weighted by Crippen LogP contribution is 2.47. The molecule has 3 aromatic rings. The maximum Gasteiger partial charge on any atom is 0.264 e. The Labute approximate surface area is 214 Å². The summed E-state index contributed by atoms with van der Waals surface area (Å²) in [6, 6.07) is 23.9. The molecule has 1 saturated heterocycles. The smallest absolute Gasteiger partial charge is 0.264 e. The van der Waals surface area contributed by atoms with Crippen molar-refractivity contribution in [1.82, 2.24) is 0 Å². The van der Waals surface area contributed by atoms with Crippen molar-refractivity contribution in [2.24, 2.45) is 5.73 Å². The molecule has 2 atom stereocenters. The van der Waals surface area contributed by atoms with Gasteiger partial charge in [-0.2, -0.15) is 8.42 Å². The summed E-state index contributed by atoms with van der Waals surface area (Å²) in [4.78, 5) is 26.8. The summed E-state index contributed by atoms with van der Waals surface area (Å²) in [5, 5.41) is -0.921. The lowest BCUT2D eigenvalue weighted by atomic mass is 10.1. The Hall–Kier alpha value is -3.34. The predicted molar refractivity (Wildman–Crippen MR) is 139 cm³/mol. The summed E-state index contributed by atoms with van der Waals surface area (Å²) >= 11 is 1.40. The summed E-state index contributed by atoms with van der Waals surface area (Å²) in [6.07, 6.45) is 1.19. The third-order valence-corrected chi connectivity index (χ3v) is 7.64. The third kappa shape index (κ3) is 6.45. The number of hydrogen-bond donors (Lipinski definition) is 1. The number of nitrogens with zero attached hydrogens (tertiary/aromatic N) is 1. The number of benzene rings is 3. The molecule has 3 aromatic carbocycles. The minimum Gasteiger partial charge on any atom is -0.489 e. The van der Waals surface area contributed by atoms with Gasteiger partial charge in [-0.15, -0.1) is 11.8 Å². The molecule has 1 aliphatic rings. The number of ether oxygens (including phenoxy) is 1. The van der Waals surface area contributed by atoms with Gasteiger partial charge in [0, 0.05) is 11.3 Å². The van der Waals surface area contributed by atoms with Gasteiger partial charge in [-0.1, -0.05) is 48.5 Å². The van der Waals surface area contributed by atoms with Crippen LogP contribution in [0, 0.1) is 0 Å². The molecule has 1 fully saturated rings. The molecule has 4 rings (SSSR count). The van der Waals surface area contributed by atoms with Crippen LogP contribution >= 0.6 is 11.8 Å². The van der Waals surface area contributed by atoms with Gasteiger partial charge in [0.2, 0.25) is 11.8 Å². The predicted octanol–water partition coefficient (Wildman–Crippen LogP) is 3.88. The number of carbonyl (C=O) groups excluding carboxylic acids is 2. The number of amides is 2. The van der Waals surface area contributed by atoms with Gasteiger partial charge in [0.1, 0.15) is 17.7 Å². The van der Waals surface area contributed by atoms with Crippen molar-refractivity contribution < 1.29 is 26.9 Å². The molecule has 10 heteroatoms. The van der Waals surface area contributed by atoms with Gasteiger partial charge >= 0.3 is 0 Å². The van der Waals surface area contributed by atoms with Crippen molar-refractivity contribution in [1.29, 1.82) is 0 Å². The molecule has 2 amide bonds. The Bertz CT molecular complexity index is 1330. The average Bonchev–Trinajstić information content (AvgIpc) is 3.19. The molecule has 1 aliphatic heterocycles. The standard InChI is InChI=1S/C26H26N2O6S2/c1-36(31,32)34-15-14-23-25(30)28(21-9-5-8-20(16-21)24(27)29)26(35-23)19-10-12-22(13-11-19)33-17-18-6-3-2-4-7-18/h2-13,16,23,26H,14-15,17H2,1H3,(H2,27,29). The molecule has 1 heterocycles. The topological polar surface area (TPSA) is 116 Å². The maximum absolute atomic E-state index is 13.4. The first kappa shape index (κ1) is 25.7. The highest BCUT2D eigenvalue weighted by Gasteiger charge is 2.42. The van der Waals surface area contributed by atoms with Crippen molar-refractivity contribution >= 4 is 39.4 Å². The van der Waals surface area contributed by atoms with Crippen molar-refractivity contribution in [3.63, 3.8) is 0 Å². The number of anilines is 1. The van der Waals surface area contributed by atoms with Crippen LogP contribution in [0.15, 0.2) is 78.9 Å². The van der Waals surface area contributed by atoms with E-state index >= 15 is 0 Å². The first-order chi connectivity index (χ1) is 17.2. The third-order valence-electron chi connectivity index (χ3n) is 5.54. The fourth-order valence-corrected chi connectivity index (χ4v) is 5.65. The van der Waals surface area contributed by atoms with Crippen LogP contribution in [0.25, 0.3) is 0 Å². The fraction of sp³-hybridized carbons (Fsp3) is 0.231. The van der Waals surface area contributed by atoms with Crippen LogP contribution in [0.4, 0.5) is 5.69 Å². The monoisotopic (exact) mass is 526 g/mol. The van der Waals surface area contributed by atoms with Gasteiger partial charge in [0.25, 0.3) is 10.1 Å².